The molecule has 0 spiro atoms. The molecule has 3 rings (SSSR count). The van der Waals surface area contributed by atoms with Crippen LogP contribution in [0.4, 0.5) is 11.4 Å². The predicted molar refractivity (Wildman–Crippen MR) is 103 cm³/mol. The largest absolute Gasteiger partial charge is 0.495 e. The zero-order chi connectivity index (χ0) is 18.8. The fraction of sp³-hybridized carbons (Fsp3) is 0.263. The molecule has 2 aromatic rings. The molecule has 1 aliphatic carbocycles. The summed E-state index contributed by atoms with van der Waals surface area (Å²) in [5.41, 5.74) is 1.98. The van der Waals surface area contributed by atoms with Crippen LogP contribution >= 0.6 is 23.2 Å². The molecule has 26 heavy (non-hydrogen) atoms. The standard InChI is InChI=1S/C19H18Cl2N2O3/c1-10-6-16(17(26-2)9-15(10)21)23-19(25)14-8-13(14)18(24)22-12-5-3-4-11(20)7-12/h3-7,9,13-14H,8H2,1-2H3,(H,22,24)(H,23,25). The Morgan fingerprint density at radius 3 is 2.42 bits per heavy atom. The van der Waals surface area contributed by atoms with E-state index in [0.717, 1.165) is 5.56 Å². The number of benzene rings is 2. The number of nitrogens with one attached hydrogen (secondary N) is 2. The van der Waals surface area contributed by atoms with Crippen molar-refractivity contribution in [3.8, 4) is 5.75 Å². The molecule has 1 fully saturated rings. The highest BCUT2D eigenvalue weighted by Gasteiger charge is 2.48. The second kappa shape index (κ2) is 7.56. The fourth-order valence-electron chi connectivity index (χ4n) is 2.73. The van der Waals surface area contributed by atoms with Crippen molar-refractivity contribution in [3.63, 3.8) is 0 Å². The van der Waals surface area contributed by atoms with Gasteiger partial charge in [-0.1, -0.05) is 29.3 Å². The van der Waals surface area contributed by atoms with Gasteiger partial charge >= 0.3 is 0 Å². The summed E-state index contributed by atoms with van der Waals surface area (Å²) in [5, 5.41) is 6.71. The lowest BCUT2D eigenvalue weighted by Crippen LogP contribution is -2.20. The molecule has 7 heteroatoms. The summed E-state index contributed by atoms with van der Waals surface area (Å²) in [6.45, 7) is 1.84. The van der Waals surface area contributed by atoms with Gasteiger partial charge in [-0.15, -0.1) is 0 Å². The maximum absolute atomic E-state index is 12.5. The van der Waals surface area contributed by atoms with E-state index in [-0.39, 0.29) is 23.7 Å². The predicted octanol–water partition coefficient (Wildman–Crippen LogP) is 4.52. The number of carbonyl (C=O) groups excluding carboxylic acids is 2. The molecule has 5 nitrogen and oxygen atoms in total. The topological polar surface area (TPSA) is 67.4 Å². The lowest BCUT2D eigenvalue weighted by Gasteiger charge is -2.12. The Kier molecular flexibility index (Phi) is 5.39. The smallest absolute Gasteiger partial charge is 0.228 e. The molecule has 0 saturated heterocycles. The number of anilines is 2. The summed E-state index contributed by atoms with van der Waals surface area (Å²) >= 11 is 12.0. The van der Waals surface area contributed by atoms with Crippen molar-refractivity contribution in [2.75, 3.05) is 17.7 Å². The van der Waals surface area contributed by atoms with Crippen LogP contribution in [0.3, 0.4) is 0 Å². The molecule has 0 aliphatic heterocycles. The van der Waals surface area contributed by atoms with Crippen molar-refractivity contribution in [1.29, 1.82) is 0 Å². The third-order valence-corrected chi connectivity index (χ3v) is 4.94. The lowest BCUT2D eigenvalue weighted by molar-refractivity contribution is -0.122. The average molecular weight is 393 g/mol. The first kappa shape index (κ1) is 18.5. The maximum Gasteiger partial charge on any atom is 0.228 e. The van der Waals surface area contributed by atoms with E-state index in [9.17, 15) is 9.59 Å². The number of methoxy groups -OCH3 is 1. The molecule has 2 amide bonds. The molecular formula is C19H18Cl2N2O3. The van der Waals surface area contributed by atoms with E-state index < -0.39 is 0 Å². The molecule has 136 valence electrons. The highest BCUT2D eigenvalue weighted by atomic mass is 35.5. The van der Waals surface area contributed by atoms with Gasteiger partial charge in [0.15, 0.2) is 0 Å². The van der Waals surface area contributed by atoms with E-state index in [1.165, 1.54) is 7.11 Å². The van der Waals surface area contributed by atoms with Crippen LogP contribution in [0.2, 0.25) is 10.0 Å². The molecule has 2 N–H and O–H groups in total. The Morgan fingerprint density at radius 2 is 1.77 bits per heavy atom. The number of amides is 2. The lowest BCUT2D eigenvalue weighted by atomic mass is 10.2. The first-order valence-corrected chi connectivity index (χ1v) is 8.86. The van der Waals surface area contributed by atoms with Gasteiger partial charge in [-0.3, -0.25) is 9.59 Å². The quantitative estimate of drug-likeness (QED) is 0.785. The van der Waals surface area contributed by atoms with Crippen LogP contribution in [0, 0.1) is 18.8 Å². The Bertz CT molecular complexity index is 870. The monoisotopic (exact) mass is 392 g/mol. The van der Waals surface area contributed by atoms with Gasteiger partial charge in [-0.25, -0.2) is 0 Å². The summed E-state index contributed by atoms with van der Waals surface area (Å²) in [6, 6.07) is 10.3. The Hall–Kier alpha value is -2.24. The van der Waals surface area contributed by atoms with E-state index in [4.69, 9.17) is 27.9 Å². The minimum atomic E-state index is -0.366. The maximum atomic E-state index is 12.5. The van der Waals surface area contributed by atoms with Crippen LogP contribution < -0.4 is 15.4 Å². The Labute approximate surface area is 161 Å². The molecule has 0 radical (unpaired) electrons. The van der Waals surface area contributed by atoms with E-state index in [1.54, 1.807) is 36.4 Å². The Balaban J connectivity index is 1.62. The van der Waals surface area contributed by atoms with E-state index in [2.05, 4.69) is 10.6 Å². The van der Waals surface area contributed by atoms with Crippen LogP contribution in [0.1, 0.15) is 12.0 Å². The summed E-state index contributed by atoms with van der Waals surface area (Å²) in [6.07, 6.45) is 0.507. The van der Waals surface area contributed by atoms with Gasteiger partial charge in [0, 0.05) is 21.8 Å². The second-order valence-electron chi connectivity index (χ2n) is 6.24. The summed E-state index contributed by atoms with van der Waals surface area (Å²) in [5.74, 6) is -0.638. The van der Waals surface area contributed by atoms with Gasteiger partial charge in [0.25, 0.3) is 0 Å². The second-order valence-corrected chi connectivity index (χ2v) is 7.08. The van der Waals surface area contributed by atoms with Crippen LogP contribution in [0.15, 0.2) is 36.4 Å². The van der Waals surface area contributed by atoms with Crippen molar-refractivity contribution >= 4 is 46.4 Å². The van der Waals surface area contributed by atoms with Crippen molar-refractivity contribution in [2.45, 2.75) is 13.3 Å². The summed E-state index contributed by atoms with van der Waals surface area (Å²) < 4.78 is 5.26. The molecule has 2 aromatic carbocycles. The van der Waals surface area contributed by atoms with Gasteiger partial charge < -0.3 is 15.4 Å². The van der Waals surface area contributed by atoms with Gasteiger partial charge in [-0.05, 0) is 43.2 Å². The number of hydrogen-bond acceptors (Lipinski definition) is 3. The average Bonchev–Trinajstić information content (AvgIpc) is 3.39. The van der Waals surface area contributed by atoms with E-state index >= 15 is 0 Å². The van der Waals surface area contributed by atoms with E-state index in [1.807, 2.05) is 6.92 Å². The number of halogens is 2. The number of hydrogen-bond donors (Lipinski definition) is 2. The van der Waals surface area contributed by atoms with Gasteiger partial charge in [0.05, 0.1) is 24.6 Å². The third kappa shape index (κ3) is 4.11. The Morgan fingerprint density at radius 1 is 1.08 bits per heavy atom. The normalized spacial score (nSPS) is 18.2. The number of carbonyl (C=O) groups is 2. The molecule has 0 bridgehead atoms. The molecule has 0 aromatic heterocycles. The highest BCUT2D eigenvalue weighted by molar-refractivity contribution is 6.31. The van der Waals surface area contributed by atoms with Crippen LogP contribution in [0.5, 0.6) is 5.75 Å². The minimum absolute atomic E-state index is 0.188. The third-order valence-electron chi connectivity index (χ3n) is 4.29. The van der Waals surface area contributed by atoms with Crippen molar-refractivity contribution in [1.82, 2.24) is 0 Å². The van der Waals surface area contributed by atoms with Crippen LogP contribution in [-0.2, 0) is 9.59 Å². The van der Waals surface area contributed by atoms with Gasteiger partial charge in [0.1, 0.15) is 5.75 Å². The van der Waals surface area contributed by atoms with E-state index in [0.29, 0.717) is 33.6 Å². The van der Waals surface area contributed by atoms with Gasteiger partial charge in [0.2, 0.25) is 11.8 Å². The molecule has 0 heterocycles. The number of rotatable bonds is 5. The SMILES string of the molecule is COc1cc(Cl)c(C)cc1NC(=O)C1CC1C(=O)Nc1cccc(Cl)c1. The zero-order valence-electron chi connectivity index (χ0n) is 14.3. The van der Waals surface area contributed by atoms with Crippen LogP contribution in [-0.4, -0.2) is 18.9 Å². The highest BCUT2D eigenvalue weighted by Crippen LogP contribution is 2.41. The van der Waals surface area contributed by atoms with Crippen molar-refractivity contribution in [2.24, 2.45) is 11.8 Å². The molecule has 2 atom stereocenters. The van der Waals surface area contributed by atoms with Crippen molar-refractivity contribution < 1.29 is 14.3 Å². The zero-order valence-corrected chi connectivity index (χ0v) is 15.8. The molecular weight excluding hydrogens is 375 g/mol. The number of ether oxygens (including phenoxy) is 1. The fourth-order valence-corrected chi connectivity index (χ4v) is 3.07. The molecule has 2 unspecified atom stereocenters. The van der Waals surface area contributed by atoms with Crippen LogP contribution in [0.25, 0.3) is 0 Å². The minimum Gasteiger partial charge on any atom is -0.495 e. The molecule has 1 aliphatic rings. The first-order chi connectivity index (χ1) is 12.4. The van der Waals surface area contributed by atoms with Crippen molar-refractivity contribution in [3.05, 3.63) is 52.0 Å². The summed E-state index contributed by atoms with van der Waals surface area (Å²) in [4.78, 5) is 24.8. The molecule has 1 saturated carbocycles. The number of aryl methyl sites for hydroxylation is 1. The van der Waals surface area contributed by atoms with Gasteiger partial charge in [-0.2, -0.15) is 0 Å². The first-order valence-electron chi connectivity index (χ1n) is 8.10. The summed E-state index contributed by atoms with van der Waals surface area (Å²) in [7, 11) is 1.51.